The van der Waals surface area contributed by atoms with Crippen molar-refractivity contribution in [3.63, 3.8) is 0 Å². The van der Waals surface area contributed by atoms with Crippen LogP contribution in [0.4, 0.5) is 0 Å². The molecule has 2 aliphatic rings. The van der Waals surface area contributed by atoms with Gasteiger partial charge in [-0.25, -0.2) is 0 Å². The van der Waals surface area contributed by atoms with Gasteiger partial charge in [-0.2, -0.15) is 11.8 Å². The van der Waals surface area contributed by atoms with E-state index in [9.17, 15) is 0 Å². The Labute approximate surface area is 109 Å². The first-order valence-electron chi connectivity index (χ1n) is 6.65. The van der Waals surface area contributed by atoms with Crippen LogP contribution >= 0.6 is 11.8 Å². The Morgan fingerprint density at radius 3 is 3.06 bits per heavy atom. The maximum absolute atomic E-state index is 6.33. The van der Waals surface area contributed by atoms with Gasteiger partial charge < -0.3 is 15.2 Å². The average molecular weight is 259 g/mol. The van der Waals surface area contributed by atoms with Gasteiger partial charge in [-0.1, -0.05) is 0 Å². The van der Waals surface area contributed by atoms with E-state index in [1.54, 1.807) is 7.11 Å². The van der Waals surface area contributed by atoms with Crippen LogP contribution in [-0.4, -0.2) is 43.0 Å². The normalized spacial score (nSPS) is 37.2. The number of hydrogen-bond donors (Lipinski definition) is 1. The van der Waals surface area contributed by atoms with Crippen molar-refractivity contribution in [1.82, 2.24) is 0 Å². The number of rotatable bonds is 4. The monoisotopic (exact) mass is 259 g/mol. The smallest absolute Gasteiger partial charge is 0.0783 e. The molecule has 0 radical (unpaired) electrons. The largest absolute Gasteiger partial charge is 0.382 e. The van der Waals surface area contributed by atoms with Crippen molar-refractivity contribution in [3.05, 3.63) is 0 Å². The van der Waals surface area contributed by atoms with Gasteiger partial charge in [-0.05, 0) is 44.3 Å². The second kappa shape index (κ2) is 5.91. The molecular weight excluding hydrogens is 234 g/mol. The van der Waals surface area contributed by atoms with E-state index in [0.29, 0.717) is 5.92 Å². The molecule has 0 aromatic carbocycles. The second-order valence-electron chi connectivity index (χ2n) is 5.53. The van der Waals surface area contributed by atoms with Gasteiger partial charge in [-0.15, -0.1) is 0 Å². The predicted molar refractivity (Wildman–Crippen MR) is 72.4 cm³/mol. The summed E-state index contributed by atoms with van der Waals surface area (Å²) in [7, 11) is 1.76. The minimum absolute atomic E-state index is 0.154. The minimum atomic E-state index is 0.154. The summed E-state index contributed by atoms with van der Waals surface area (Å²) in [6.07, 6.45) is 4.70. The van der Waals surface area contributed by atoms with E-state index in [-0.39, 0.29) is 17.7 Å². The van der Waals surface area contributed by atoms with Crippen LogP contribution in [0.25, 0.3) is 0 Å². The van der Waals surface area contributed by atoms with Crippen LogP contribution < -0.4 is 5.73 Å². The number of thioether (sulfide) groups is 1. The molecule has 2 aliphatic heterocycles. The zero-order chi connectivity index (χ0) is 12.3. The summed E-state index contributed by atoms with van der Waals surface area (Å²) in [6.45, 7) is 2.99. The number of hydrogen-bond acceptors (Lipinski definition) is 4. The van der Waals surface area contributed by atoms with E-state index < -0.39 is 0 Å². The van der Waals surface area contributed by atoms with Gasteiger partial charge in [0.2, 0.25) is 0 Å². The highest BCUT2D eigenvalue weighted by Gasteiger charge is 2.41. The average Bonchev–Trinajstić information content (AvgIpc) is 2.77. The van der Waals surface area contributed by atoms with E-state index in [0.717, 1.165) is 31.6 Å². The summed E-state index contributed by atoms with van der Waals surface area (Å²) in [4.78, 5) is 0. The lowest BCUT2D eigenvalue weighted by Gasteiger charge is -2.40. The molecule has 2 heterocycles. The van der Waals surface area contributed by atoms with E-state index in [1.807, 2.05) is 11.8 Å². The molecule has 0 aromatic rings. The Morgan fingerprint density at radius 1 is 1.59 bits per heavy atom. The summed E-state index contributed by atoms with van der Waals surface area (Å²) in [5.41, 5.74) is 6.49. The van der Waals surface area contributed by atoms with E-state index in [1.165, 1.54) is 12.2 Å². The van der Waals surface area contributed by atoms with Crippen LogP contribution in [0.3, 0.4) is 0 Å². The third kappa shape index (κ3) is 3.37. The molecule has 100 valence electrons. The summed E-state index contributed by atoms with van der Waals surface area (Å²) >= 11 is 2.02. The number of nitrogens with two attached hydrogens (primary N) is 1. The molecule has 2 saturated heterocycles. The second-order valence-corrected chi connectivity index (χ2v) is 6.64. The highest BCUT2D eigenvalue weighted by molar-refractivity contribution is 7.99. The third-order valence-corrected chi connectivity index (χ3v) is 5.43. The van der Waals surface area contributed by atoms with Crippen molar-refractivity contribution < 1.29 is 9.47 Å². The summed E-state index contributed by atoms with van der Waals surface area (Å²) < 4.78 is 11.3. The summed E-state index contributed by atoms with van der Waals surface area (Å²) in [5.74, 6) is 3.02. The molecule has 3 nitrogen and oxygen atoms in total. The van der Waals surface area contributed by atoms with E-state index in [2.05, 4.69) is 6.92 Å². The zero-order valence-corrected chi connectivity index (χ0v) is 11.8. The van der Waals surface area contributed by atoms with Crippen LogP contribution in [0.15, 0.2) is 0 Å². The molecule has 4 unspecified atom stereocenters. The molecule has 1 spiro atoms. The zero-order valence-electron chi connectivity index (χ0n) is 11.0. The van der Waals surface area contributed by atoms with Crippen molar-refractivity contribution in [2.45, 2.75) is 50.4 Å². The fraction of sp³-hybridized carbons (Fsp3) is 1.00. The standard InChI is InChI=1S/C13H25NO2S/c1-10(15-2)7-12(14)11-3-5-16-13(8-11)4-6-17-9-13/h10-12H,3-9,14H2,1-2H3. The van der Waals surface area contributed by atoms with Crippen LogP contribution in [-0.2, 0) is 9.47 Å². The van der Waals surface area contributed by atoms with Crippen molar-refractivity contribution in [2.24, 2.45) is 11.7 Å². The lowest BCUT2D eigenvalue weighted by atomic mass is 9.80. The molecule has 2 fully saturated rings. The van der Waals surface area contributed by atoms with E-state index >= 15 is 0 Å². The third-order valence-electron chi connectivity index (χ3n) is 4.21. The topological polar surface area (TPSA) is 44.5 Å². The molecule has 0 amide bonds. The minimum Gasteiger partial charge on any atom is -0.382 e. The molecular formula is C13H25NO2S. The SMILES string of the molecule is COC(C)CC(N)C1CCOC2(CCSC2)C1. The van der Waals surface area contributed by atoms with Gasteiger partial charge in [0.05, 0.1) is 11.7 Å². The Kier molecular flexibility index (Phi) is 4.75. The fourth-order valence-electron chi connectivity index (χ4n) is 2.97. The van der Waals surface area contributed by atoms with Crippen LogP contribution in [0, 0.1) is 5.92 Å². The fourth-order valence-corrected chi connectivity index (χ4v) is 4.34. The first-order valence-corrected chi connectivity index (χ1v) is 7.81. The van der Waals surface area contributed by atoms with Crippen molar-refractivity contribution >= 4 is 11.8 Å². The van der Waals surface area contributed by atoms with Gasteiger partial charge in [0, 0.05) is 25.5 Å². The highest BCUT2D eigenvalue weighted by atomic mass is 32.2. The Hall–Kier alpha value is 0.230. The Bertz CT molecular complexity index is 244. The number of ether oxygens (including phenoxy) is 2. The maximum Gasteiger partial charge on any atom is 0.0783 e. The quantitative estimate of drug-likeness (QED) is 0.839. The lowest BCUT2D eigenvalue weighted by molar-refractivity contribution is -0.0852. The highest BCUT2D eigenvalue weighted by Crippen LogP contribution is 2.41. The molecule has 4 atom stereocenters. The maximum atomic E-state index is 6.33. The molecule has 0 bridgehead atoms. The molecule has 2 N–H and O–H groups in total. The van der Waals surface area contributed by atoms with E-state index in [4.69, 9.17) is 15.2 Å². The first kappa shape index (κ1) is 13.7. The van der Waals surface area contributed by atoms with Gasteiger partial charge in [0.25, 0.3) is 0 Å². The van der Waals surface area contributed by atoms with Gasteiger partial charge >= 0.3 is 0 Å². The lowest BCUT2D eigenvalue weighted by Crippen LogP contribution is -2.46. The van der Waals surface area contributed by atoms with Crippen LogP contribution in [0.5, 0.6) is 0 Å². The predicted octanol–water partition coefficient (Wildman–Crippen LogP) is 2.04. The molecule has 0 aromatic heterocycles. The molecule has 4 heteroatoms. The summed E-state index contributed by atoms with van der Waals surface area (Å²) in [5, 5.41) is 0. The van der Waals surface area contributed by atoms with Gasteiger partial charge in [0.15, 0.2) is 0 Å². The van der Waals surface area contributed by atoms with Gasteiger partial charge in [0.1, 0.15) is 0 Å². The van der Waals surface area contributed by atoms with Crippen LogP contribution in [0.2, 0.25) is 0 Å². The molecule has 0 saturated carbocycles. The Balaban J connectivity index is 1.88. The first-order chi connectivity index (χ1) is 8.15. The van der Waals surface area contributed by atoms with Crippen molar-refractivity contribution in [2.75, 3.05) is 25.2 Å². The van der Waals surface area contributed by atoms with Crippen molar-refractivity contribution in [3.8, 4) is 0 Å². The van der Waals surface area contributed by atoms with Gasteiger partial charge in [-0.3, -0.25) is 0 Å². The summed E-state index contributed by atoms with van der Waals surface area (Å²) in [6, 6.07) is 0.260. The van der Waals surface area contributed by atoms with Crippen LogP contribution in [0.1, 0.15) is 32.6 Å². The number of methoxy groups -OCH3 is 1. The van der Waals surface area contributed by atoms with Crippen molar-refractivity contribution in [1.29, 1.82) is 0 Å². The molecule has 17 heavy (non-hydrogen) atoms. The molecule has 2 rings (SSSR count). The molecule has 0 aliphatic carbocycles. The Morgan fingerprint density at radius 2 is 2.41 bits per heavy atom.